The van der Waals surface area contributed by atoms with Gasteiger partial charge in [-0.15, -0.1) is 0 Å². The third kappa shape index (κ3) is 8.10. The summed E-state index contributed by atoms with van der Waals surface area (Å²) >= 11 is 0. The second-order valence-electron chi connectivity index (χ2n) is 2.72. The van der Waals surface area contributed by atoms with Crippen molar-refractivity contribution in [2.24, 2.45) is 7.05 Å². The van der Waals surface area contributed by atoms with E-state index in [1.807, 2.05) is 17.8 Å². The molecule has 1 rings (SSSR count). The van der Waals surface area contributed by atoms with Crippen LogP contribution in [0.4, 0.5) is 0 Å². The monoisotopic (exact) mass is 236 g/mol. The summed E-state index contributed by atoms with van der Waals surface area (Å²) < 4.78 is 36.2. The van der Waals surface area contributed by atoms with Crippen LogP contribution in [0.15, 0.2) is 18.7 Å². The van der Waals surface area contributed by atoms with Gasteiger partial charge in [0.15, 0.2) is 0 Å². The van der Waals surface area contributed by atoms with Crippen molar-refractivity contribution in [2.75, 3.05) is 6.61 Å². The maximum atomic E-state index is 9.45. The molecule has 0 fully saturated rings. The van der Waals surface area contributed by atoms with Crippen LogP contribution in [0.5, 0.6) is 0 Å². The molecular formula is C8H16N2O4S. The average molecular weight is 236 g/mol. The van der Waals surface area contributed by atoms with Crippen LogP contribution in [0.2, 0.25) is 0 Å². The molecule has 0 atom stereocenters. The summed E-state index contributed by atoms with van der Waals surface area (Å²) in [5.41, 5.74) is 0. The molecule has 0 spiro atoms. The van der Waals surface area contributed by atoms with Crippen molar-refractivity contribution in [2.45, 2.75) is 20.4 Å². The molecule has 0 amide bonds. The highest BCUT2D eigenvalue weighted by Crippen LogP contribution is 1.81. The molecule has 1 heterocycles. The second-order valence-corrected chi connectivity index (χ2v) is 3.78. The minimum Gasteiger partial charge on any atom is -0.726 e. The molecule has 0 aliphatic rings. The number of hydrogen-bond acceptors (Lipinski definition) is 4. The molecule has 0 bridgehead atoms. The van der Waals surface area contributed by atoms with E-state index in [0.717, 1.165) is 6.54 Å². The molecular weight excluding hydrogens is 220 g/mol. The highest BCUT2D eigenvalue weighted by molar-refractivity contribution is 7.80. The summed E-state index contributed by atoms with van der Waals surface area (Å²) in [6.45, 7) is 4.52. The number of aromatic nitrogens is 2. The minimum atomic E-state index is -4.42. The van der Waals surface area contributed by atoms with E-state index in [1.54, 1.807) is 0 Å². The van der Waals surface area contributed by atoms with Crippen LogP contribution in [0.1, 0.15) is 13.8 Å². The lowest BCUT2D eigenvalue weighted by molar-refractivity contribution is -0.671. The molecule has 1 aromatic rings. The van der Waals surface area contributed by atoms with Gasteiger partial charge in [-0.25, -0.2) is 17.6 Å². The van der Waals surface area contributed by atoms with Crippen LogP contribution in [0, 0.1) is 0 Å². The fraction of sp³-hybridized carbons (Fsp3) is 0.625. The third-order valence-electron chi connectivity index (χ3n) is 1.45. The Morgan fingerprint density at radius 3 is 2.20 bits per heavy atom. The molecule has 0 unspecified atom stereocenters. The average Bonchev–Trinajstić information content (AvgIpc) is 2.50. The molecule has 1 aromatic heterocycles. The van der Waals surface area contributed by atoms with Crippen LogP contribution >= 0.6 is 0 Å². The number of aryl methyl sites for hydroxylation is 2. The zero-order valence-corrected chi connectivity index (χ0v) is 9.90. The predicted molar refractivity (Wildman–Crippen MR) is 52.6 cm³/mol. The van der Waals surface area contributed by atoms with E-state index >= 15 is 0 Å². The zero-order valence-electron chi connectivity index (χ0n) is 9.08. The lowest BCUT2D eigenvalue weighted by Crippen LogP contribution is -2.23. The summed E-state index contributed by atoms with van der Waals surface area (Å²) in [5.74, 6) is 0. The van der Waals surface area contributed by atoms with E-state index in [4.69, 9.17) is 0 Å². The van der Waals surface area contributed by atoms with Crippen molar-refractivity contribution in [3.05, 3.63) is 18.7 Å². The highest BCUT2D eigenvalue weighted by Gasteiger charge is 1.92. The first-order chi connectivity index (χ1) is 6.89. The third-order valence-corrected chi connectivity index (χ3v) is 1.98. The second kappa shape index (κ2) is 6.54. The first kappa shape index (κ1) is 14.1. The van der Waals surface area contributed by atoms with Gasteiger partial charge in [-0.1, -0.05) is 0 Å². The van der Waals surface area contributed by atoms with E-state index in [9.17, 15) is 13.0 Å². The molecule has 0 saturated heterocycles. The SMILES string of the molecule is CCOS(=O)(=O)[O-].CCn1cc[n+](C)c1. The standard InChI is InChI=1S/C6H11N2.C2H6O4S/c1-3-8-5-4-7(2)6-8;1-2-6-7(3,4)5/h4-6H,3H2,1-2H3;2H2,1H3,(H,3,4,5)/q+1;/p-1. The molecule has 88 valence electrons. The highest BCUT2D eigenvalue weighted by atomic mass is 32.3. The Hall–Kier alpha value is -0.920. The van der Waals surface area contributed by atoms with Crippen LogP contribution in [-0.4, -0.2) is 24.1 Å². The van der Waals surface area contributed by atoms with Crippen molar-refractivity contribution in [1.29, 1.82) is 0 Å². The molecule has 7 heteroatoms. The van der Waals surface area contributed by atoms with Crippen molar-refractivity contribution in [1.82, 2.24) is 4.57 Å². The summed E-state index contributed by atoms with van der Waals surface area (Å²) in [6, 6.07) is 0. The van der Waals surface area contributed by atoms with Crippen molar-refractivity contribution in [3.8, 4) is 0 Å². The molecule has 0 aromatic carbocycles. The van der Waals surface area contributed by atoms with Crippen molar-refractivity contribution >= 4 is 10.4 Å². The fourth-order valence-electron chi connectivity index (χ4n) is 0.833. The number of rotatable bonds is 3. The van der Waals surface area contributed by atoms with E-state index in [0.29, 0.717) is 0 Å². The van der Waals surface area contributed by atoms with Gasteiger partial charge in [0.2, 0.25) is 16.7 Å². The molecule has 0 saturated carbocycles. The van der Waals surface area contributed by atoms with Gasteiger partial charge in [0.1, 0.15) is 12.4 Å². The predicted octanol–water partition coefficient (Wildman–Crippen LogP) is -0.184. The normalized spacial score (nSPS) is 10.7. The summed E-state index contributed by atoms with van der Waals surface area (Å²) in [7, 11) is -2.40. The molecule has 6 nitrogen and oxygen atoms in total. The number of imidazole rings is 1. The van der Waals surface area contributed by atoms with E-state index in [1.165, 1.54) is 6.92 Å². The Labute approximate surface area is 90.1 Å². The maximum Gasteiger partial charge on any atom is 0.243 e. The Morgan fingerprint density at radius 1 is 1.47 bits per heavy atom. The van der Waals surface area contributed by atoms with Crippen LogP contribution in [0.25, 0.3) is 0 Å². The molecule has 0 aliphatic heterocycles. The minimum absolute atomic E-state index is 0.0914. The van der Waals surface area contributed by atoms with Crippen molar-refractivity contribution < 1.29 is 21.7 Å². The van der Waals surface area contributed by atoms with E-state index < -0.39 is 10.4 Å². The van der Waals surface area contributed by atoms with Crippen molar-refractivity contribution in [3.63, 3.8) is 0 Å². The first-order valence-corrected chi connectivity index (χ1v) is 5.83. The summed E-state index contributed by atoms with van der Waals surface area (Å²) in [5, 5.41) is 0. The smallest absolute Gasteiger partial charge is 0.243 e. The Kier molecular flexibility index (Phi) is 6.14. The van der Waals surface area contributed by atoms with Gasteiger partial charge in [0.05, 0.1) is 20.2 Å². The molecule has 0 aliphatic carbocycles. The van der Waals surface area contributed by atoms with Gasteiger partial charge >= 0.3 is 0 Å². The van der Waals surface area contributed by atoms with Gasteiger partial charge in [-0.3, -0.25) is 4.18 Å². The van der Waals surface area contributed by atoms with E-state index in [-0.39, 0.29) is 6.61 Å². The lowest BCUT2D eigenvalue weighted by atomic mass is 10.7. The fourth-order valence-corrected chi connectivity index (χ4v) is 1.12. The van der Waals surface area contributed by atoms with Crippen LogP contribution in [0.3, 0.4) is 0 Å². The summed E-state index contributed by atoms with van der Waals surface area (Å²) in [6.07, 6.45) is 6.14. The first-order valence-electron chi connectivity index (χ1n) is 4.50. The van der Waals surface area contributed by atoms with Gasteiger partial charge in [-0.05, 0) is 13.8 Å². The molecule has 15 heavy (non-hydrogen) atoms. The van der Waals surface area contributed by atoms with Gasteiger partial charge in [-0.2, -0.15) is 0 Å². The topological polar surface area (TPSA) is 75.2 Å². The quantitative estimate of drug-likeness (QED) is 0.414. The summed E-state index contributed by atoms with van der Waals surface area (Å²) in [4.78, 5) is 0. The van der Waals surface area contributed by atoms with Crippen LogP contribution in [-0.2, 0) is 28.2 Å². The van der Waals surface area contributed by atoms with Crippen LogP contribution < -0.4 is 4.57 Å². The number of nitrogens with zero attached hydrogens (tertiary/aromatic N) is 2. The van der Waals surface area contributed by atoms with E-state index in [2.05, 4.69) is 28.2 Å². The van der Waals surface area contributed by atoms with Gasteiger partial charge in [0.25, 0.3) is 0 Å². The van der Waals surface area contributed by atoms with Gasteiger partial charge in [0, 0.05) is 0 Å². The lowest BCUT2D eigenvalue weighted by Gasteiger charge is -2.02. The largest absolute Gasteiger partial charge is 0.726 e. The molecule has 0 N–H and O–H groups in total. The molecule has 0 radical (unpaired) electrons. The Balaban J connectivity index is 0.000000265. The maximum absolute atomic E-state index is 9.45. The van der Waals surface area contributed by atoms with Gasteiger partial charge < -0.3 is 4.55 Å². The zero-order chi connectivity index (χ0) is 11.9. The Bertz CT molecular complexity index is 372. The number of hydrogen-bond donors (Lipinski definition) is 0. The Morgan fingerprint density at radius 2 is 2.07 bits per heavy atom.